The summed E-state index contributed by atoms with van der Waals surface area (Å²) in [7, 11) is 1.41. The van der Waals surface area contributed by atoms with Gasteiger partial charge in [-0.05, 0) is 173 Å². The van der Waals surface area contributed by atoms with Crippen molar-refractivity contribution in [3.63, 3.8) is 0 Å². The summed E-state index contributed by atoms with van der Waals surface area (Å²) < 4.78 is 34.7. The number of ether oxygens (including phenoxy) is 2. The number of unbranched alkanes of at least 4 members (excludes halogenated alkanes) is 9. The number of hydrogen-bond donors (Lipinski definition) is 1. The minimum Gasteiger partial charge on any atom is -0.462 e. The molecule has 0 bridgehead atoms. The molecule has 0 rings (SSSR count). The molecule has 0 aromatic rings. The Kier molecular flexibility index (Phi) is 69.8. The topological polar surface area (TPSA) is 108 Å². The van der Waals surface area contributed by atoms with Gasteiger partial charge in [0, 0.05) is 12.8 Å². The zero-order chi connectivity index (χ0) is 71.1. The van der Waals surface area contributed by atoms with E-state index in [0.29, 0.717) is 23.9 Å². The number of phosphoric acid groups is 1. The third-order valence-corrected chi connectivity index (χ3v) is 15.5. The summed E-state index contributed by atoms with van der Waals surface area (Å²) in [5.41, 5.74) is 0. The highest BCUT2D eigenvalue weighted by Crippen LogP contribution is 2.43. The standard InChI is InChI=1S/C88H134NO8P/c1-6-8-10-12-14-16-18-20-22-24-26-28-30-32-34-36-38-40-41-42-43-44-45-46-47-49-51-53-55-57-59-61-63-65-67-69-71-73-75-77-79-81-88(91)97-86(85-96-98(92,93)95-83-82-89(3,4)5)84-94-87(90)80-78-76-74-72-70-68-66-64-62-60-58-56-54-52-50-48-39-37-35-33-31-29-27-25-23-21-19-17-15-13-11-9-7-2/h8-11,14-17,20-23,26-29,32-35,38-40,42-43,45-46,48-49,51-52,54-55,57-58,60-61,63-64,66,70,72,86H,6-7,12-13,18-19,24-25,30-31,36-37,41,44,47,50,53,56,59,62,65,67-69,71,73-85H2,1-5H3/p+1/b10-8-,11-9-,16-14-,17-15-,22-20-,23-21-,28-26-,29-27-,34-32-,35-33-,40-38-,43-42-,46-45-,48-39-,51-49-,54-52-,57-55-,60-58-,63-61-,66-64-,72-70-. The lowest BCUT2D eigenvalue weighted by Gasteiger charge is -2.24. The van der Waals surface area contributed by atoms with Crippen LogP contribution in [0.5, 0.6) is 0 Å². The van der Waals surface area contributed by atoms with Crippen molar-refractivity contribution < 1.29 is 42.1 Å². The van der Waals surface area contributed by atoms with Crippen LogP contribution in [-0.2, 0) is 32.7 Å². The van der Waals surface area contributed by atoms with Crippen LogP contribution in [-0.4, -0.2) is 74.9 Å². The average Bonchev–Trinajstić information content (AvgIpc) is 1.08. The fraction of sp³-hybridized carbons (Fsp3) is 0.500. The van der Waals surface area contributed by atoms with Crippen molar-refractivity contribution in [2.24, 2.45) is 0 Å². The van der Waals surface area contributed by atoms with E-state index in [-0.39, 0.29) is 26.1 Å². The highest BCUT2D eigenvalue weighted by atomic mass is 31.2. The van der Waals surface area contributed by atoms with Crippen LogP contribution in [0.4, 0.5) is 0 Å². The van der Waals surface area contributed by atoms with E-state index in [0.717, 1.165) is 180 Å². The molecular formula is C88H135NO8P+. The molecule has 544 valence electrons. The monoisotopic (exact) mass is 1360 g/mol. The van der Waals surface area contributed by atoms with Crippen molar-refractivity contribution in [3.8, 4) is 0 Å². The quantitative estimate of drug-likeness (QED) is 0.0211. The number of likely N-dealkylation sites (N-methyl/N-ethyl adjacent to an activating group) is 1. The Morgan fingerprint density at radius 3 is 0.837 bits per heavy atom. The molecule has 0 fully saturated rings. The smallest absolute Gasteiger partial charge is 0.462 e. The van der Waals surface area contributed by atoms with E-state index in [2.05, 4.69) is 269 Å². The van der Waals surface area contributed by atoms with Crippen LogP contribution in [0.3, 0.4) is 0 Å². The van der Waals surface area contributed by atoms with Gasteiger partial charge in [0.1, 0.15) is 19.8 Å². The van der Waals surface area contributed by atoms with Crippen LogP contribution < -0.4 is 0 Å². The third kappa shape index (κ3) is 78.5. The van der Waals surface area contributed by atoms with Gasteiger partial charge in [-0.2, -0.15) is 0 Å². The summed E-state index contributed by atoms with van der Waals surface area (Å²) in [5, 5.41) is 0. The molecular weight excluding hydrogens is 1230 g/mol. The first-order valence-corrected chi connectivity index (χ1v) is 38.9. The SMILES string of the molecule is CC/C=C\C/C=C\C/C=C\C/C=C\C/C=C\C/C=C\C/C=C\C/C=C\C/C=C\C/C=C\C/C=C\CCCCCCCCCC(=O)OC(COC(=O)CCCC/C=C\C/C=C\C/C=C\C/C=C\C/C=C\C/C=C\C/C=C\C/C=C\C/C=C\C/C=C\CC)COP(=O)(O)OCC[N+](C)(C)C. The maximum atomic E-state index is 12.9. The summed E-state index contributed by atoms with van der Waals surface area (Å²) in [6, 6.07) is 0. The van der Waals surface area contributed by atoms with Gasteiger partial charge in [0.2, 0.25) is 0 Å². The summed E-state index contributed by atoms with van der Waals surface area (Å²) >= 11 is 0. The van der Waals surface area contributed by atoms with Crippen LogP contribution >= 0.6 is 7.82 Å². The van der Waals surface area contributed by atoms with E-state index >= 15 is 0 Å². The number of esters is 2. The first-order valence-electron chi connectivity index (χ1n) is 37.4. The first-order chi connectivity index (χ1) is 48.0. The van der Waals surface area contributed by atoms with Gasteiger partial charge in [-0.1, -0.05) is 301 Å². The fourth-order valence-corrected chi connectivity index (χ4v) is 9.67. The molecule has 2 unspecified atom stereocenters. The molecule has 98 heavy (non-hydrogen) atoms. The van der Waals surface area contributed by atoms with Crippen molar-refractivity contribution in [3.05, 3.63) is 255 Å². The minimum atomic E-state index is -4.43. The Morgan fingerprint density at radius 2 is 0.551 bits per heavy atom. The largest absolute Gasteiger partial charge is 0.472 e. The normalized spacial score (nSPS) is 14.6. The predicted molar refractivity (Wildman–Crippen MR) is 426 cm³/mol. The van der Waals surface area contributed by atoms with E-state index in [9.17, 15) is 19.0 Å². The zero-order valence-electron chi connectivity index (χ0n) is 61.9. The fourth-order valence-electron chi connectivity index (χ4n) is 8.93. The van der Waals surface area contributed by atoms with E-state index in [4.69, 9.17) is 18.5 Å². The Morgan fingerprint density at radius 1 is 0.316 bits per heavy atom. The third-order valence-electron chi connectivity index (χ3n) is 14.6. The summed E-state index contributed by atoms with van der Waals surface area (Å²) in [4.78, 5) is 35.9. The highest BCUT2D eigenvalue weighted by Gasteiger charge is 2.27. The van der Waals surface area contributed by atoms with Crippen molar-refractivity contribution in [2.75, 3.05) is 47.5 Å². The molecule has 10 heteroatoms. The van der Waals surface area contributed by atoms with E-state index in [1.54, 1.807) is 0 Å². The Bertz CT molecular complexity index is 2610. The number of rotatable bonds is 65. The molecule has 0 aromatic heterocycles. The van der Waals surface area contributed by atoms with Gasteiger partial charge < -0.3 is 18.9 Å². The summed E-state index contributed by atoms with van der Waals surface area (Å²) in [6.45, 7) is 4.10. The molecule has 0 aliphatic carbocycles. The zero-order valence-corrected chi connectivity index (χ0v) is 62.8. The average molecular weight is 1370 g/mol. The molecule has 0 radical (unpaired) electrons. The lowest BCUT2D eigenvalue weighted by Crippen LogP contribution is -2.37. The number of hydrogen-bond acceptors (Lipinski definition) is 7. The predicted octanol–water partition coefficient (Wildman–Crippen LogP) is 25.3. The van der Waals surface area contributed by atoms with Gasteiger partial charge in [-0.25, -0.2) is 4.57 Å². The van der Waals surface area contributed by atoms with Gasteiger partial charge in [-0.15, -0.1) is 0 Å². The van der Waals surface area contributed by atoms with E-state index < -0.39 is 32.5 Å². The van der Waals surface area contributed by atoms with Crippen molar-refractivity contribution >= 4 is 19.8 Å². The number of allylic oxidation sites excluding steroid dienone is 42. The Hall–Kier alpha value is -6.45. The molecule has 0 heterocycles. The molecule has 9 nitrogen and oxygen atoms in total. The number of quaternary nitrogens is 1. The molecule has 0 saturated carbocycles. The number of carbonyl (C=O) groups is 2. The van der Waals surface area contributed by atoms with Crippen LogP contribution in [0.1, 0.15) is 232 Å². The summed E-state index contributed by atoms with van der Waals surface area (Å²) in [6.07, 6.45) is 124. The molecule has 0 amide bonds. The molecule has 2 atom stereocenters. The highest BCUT2D eigenvalue weighted by molar-refractivity contribution is 7.47. The van der Waals surface area contributed by atoms with Gasteiger partial charge in [0.15, 0.2) is 6.10 Å². The van der Waals surface area contributed by atoms with E-state index in [1.165, 1.54) is 12.8 Å². The van der Waals surface area contributed by atoms with Crippen molar-refractivity contribution in [2.45, 2.75) is 238 Å². The van der Waals surface area contributed by atoms with Gasteiger partial charge in [0.05, 0.1) is 27.7 Å². The number of carbonyl (C=O) groups excluding carboxylic acids is 2. The van der Waals surface area contributed by atoms with Crippen LogP contribution in [0.2, 0.25) is 0 Å². The molecule has 0 spiro atoms. The number of nitrogens with zero attached hydrogens (tertiary/aromatic N) is 1. The second-order valence-corrected chi connectivity index (χ2v) is 26.3. The molecule has 0 saturated heterocycles. The molecule has 0 aromatic carbocycles. The minimum absolute atomic E-state index is 0.00723. The van der Waals surface area contributed by atoms with Crippen LogP contribution in [0.25, 0.3) is 0 Å². The maximum absolute atomic E-state index is 12.9. The van der Waals surface area contributed by atoms with Crippen LogP contribution in [0.15, 0.2) is 255 Å². The molecule has 0 aliphatic rings. The Labute approximate surface area is 599 Å². The number of phosphoric ester groups is 1. The summed E-state index contributed by atoms with van der Waals surface area (Å²) in [5.74, 6) is -0.883. The lowest BCUT2D eigenvalue weighted by atomic mass is 10.1. The molecule has 1 N–H and O–H groups in total. The van der Waals surface area contributed by atoms with E-state index in [1.807, 2.05) is 21.1 Å². The van der Waals surface area contributed by atoms with Gasteiger partial charge in [-0.3, -0.25) is 18.6 Å². The maximum Gasteiger partial charge on any atom is 0.472 e. The Balaban J connectivity index is 4.24. The van der Waals surface area contributed by atoms with Gasteiger partial charge >= 0.3 is 19.8 Å². The van der Waals surface area contributed by atoms with Crippen molar-refractivity contribution in [1.29, 1.82) is 0 Å². The lowest BCUT2D eigenvalue weighted by molar-refractivity contribution is -0.870. The second-order valence-electron chi connectivity index (χ2n) is 24.9. The second kappa shape index (κ2) is 74.8. The molecule has 0 aliphatic heterocycles. The van der Waals surface area contributed by atoms with Crippen molar-refractivity contribution in [1.82, 2.24) is 0 Å². The van der Waals surface area contributed by atoms with Crippen LogP contribution in [0, 0.1) is 0 Å². The first kappa shape index (κ1) is 91.5. The van der Waals surface area contributed by atoms with Gasteiger partial charge in [0.25, 0.3) is 0 Å².